The third-order valence-corrected chi connectivity index (χ3v) is 5.92. The van der Waals surface area contributed by atoms with E-state index in [-0.39, 0.29) is 10.8 Å². The maximum atomic E-state index is 12.6. The van der Waals surface area contributed by atoms with Gasteiger partial charge in [0.05, 0.1) is 11.4 Å². The summed E-state index contributed by atoms with van der Waals surface area (Å²) < 4.78 is 26.1. The number of amides is 2. The molecule has 26 heavy (non-hydrogen) atoms. The molecule has 9 nitrogen and oxygen atoms in total. The smallest absolute Gasteiger partial charge is 0.326 e. The normalized spacial score (nSPS) is 17.3. The van der Waals surface area contributed by atoms with E-state index in [0.717, 1.165) is 4.31 Å². The molecule has 2 rings (SSSR count). The van der Waals surface area contributed by atoms with Crippen molar-refractivity contribution in [3.63, 3.8) is 0 Å². The summed E-state index contributed by atoms with van der Waals surface area (Å²) in [6, 6.07) is 4.65. The third-order valence-electron chi connectivity index (χ3n) is 4.10. The van der Waals surface area contributed by atoms with Crippen LogP contribution in [0.4, 0.5) is 5.69 Å². The van der Waals surface area contributed by atoms with Gasteiger partial charge in [0.15, 0.2) is 0 Å². The summed E-state index contributed by atoms with van der Waals surface area (Å²) in [4.78, 5) is 35.7. The van der Waals surface area contributed by atoms with Crippen molar-refractivity contribution in [3.8, 4) is 0 Å². The van der Waals surface area contributed by atoms with E-state index in [1.54, 1.807) is 0 Å². The lowest BCUT2D eigenvalue weighted by atomic mass is 10.2. The van der Waals surface area contributed by atoms with Crippen molar-refractivity contribution in [2.75, 3.05) is 25.5 Å². The fourth-order valence-corrected chi connectivity index (χ4v) is 3.90. The minimum absolute atomic E-state index is 0.0295. The summed E-state index contributed by atoms with van der Waals surface area (Å²) in [6.07, 6.45) is 0.936. The van der Waals surface area contributed by atoms with Crippen molar-refractivity contribution in [2.45, 2.75) is 30.7 Å². The minimum atomic E-state index is -3.92. The highest BCUT2D eigenvalue weighted by Crippen LogP contribution is 2.20. The van der Waals surface area contributed by atoms with Crippen LogP contribution in [0, 0.1) is 0 Å². The zero-order valence-corrected chi connectivity index (χ0v) is 15.3. The Balaban J connectivity index is 2.09. The summed E-state index contributed by atoms with van der Waals surface area (Å²) in [5, 5.41) is 11.7. The van der Waals surface area contributed by atoms with Gasteiger partial charge in [-0.2, -0.15) is 4.31 Å². The van der Waals surface area contributed by atoms with Crippen LogP contribution in [0.5, 0.6) is 0 Å². The molecule has 0 unspecified atom stereocenters. The highest BCUT2D eigenvalue weighted by molar-refractivity contribution is 7.89. The van der Waals surface area contributed by atoms with Gasteiger partial charge in [0.2, 0.25) is 21.8 Å². The van der Waals surface area contributed by atoms with Crippen molar-refractivity contribution in [2.24, 2.45) is 0 Å². The Morgan fingerprint density at radius 2 is 1.88 bits per heavy atom. The number of carboxylic acid groups (broad SMARTS) is 1. The fraction of sp³-hybridized carbons (Fsp3) is 0.438. The molecule has 2 amide bonds. The predicted octanol–water partition coefficient (Wildman–Crippen LogP) is 0.341. The molecule has 1 atom stereocenters. The van der Waals surface area contributed by atoms with Crippen LogP contribution in [0.3, 0.4) is 0 Å². The molecule has 1 fully saturated rings. The Hall–Kier alpha value is -2.46. The van der Waals surface area contributed by atoms with Crippen LogP contribution in [0.1, 0.15) is 19.8 Å². The number of anilines is 1. The van der Waals surface area contributed by atoms with Crippen LogP contribution in [-0.2, 0) is 24.4 Å². The van der Waals surface area contributed by atoms with E-state index in [4.69, 9.17) is 5.11 Å². The molecule has 1 heterocycles. The molecule has 0 bridgehead atoms. The molecule has 0 spiro atoms. The van der Waals surface area contributed by atoms with Gasteiger partial charge in [-0.1, -0.05) is 0 Å². The summed E-state index contributed by atoms with van der Waals surface area (Å²) >= 11 is 0. The number of aliphatic carboxylic acids is 1. The Kier molecular flexibility index (Phi) is 5.98. The molecular formula is C16H21N3O6S. The third kappa shape index (κ3) is 4.38. The first-order valence-corrected chi connectivity index (χ1v) is 9.43. The molecule has 0 radical (unpaired) electrons. The van der Waals surface area contributed by atoms with Crippen molar-refractivity contribution in [3.05, 3.63) is 24.3 Å². The molecule has 10 heteroatoms. The Labute approximate surface area is 151 Å². The van der Waals surface area contributed by atoms with E-state index in [1.807, 2.05) is 0 Å². The van der Waals surface area contributed by atoms with Crippen LogP contribution in [-0.4, -0.2) is 66.7 Å². The van der Waals surface area contributed by atoms with Gasteiger partial charge in [0.1, 0.15) is 6.04 Å². The zero-order valence-electron chi connectivity index (χ0n) is 14.5. The summed E-state index contributed by atoms with van der Waals surface area (Å²) in [5.74, 6) is -1.91. The lowest BCUT2D eigenvalue weighted by molar-refractivity contribution is -0.148. The zero-order chi connectivity index (χ0) is 19.5. The molecule has 0 aliphatic carbocycles. The van der Waals surface area contributed by atoms with Crippen LogP contribution in [0.25, 0.3) is 0 Å². The van der Waals surface area contributed by atoms with Crippen molar-refractivity contribution < 1.29 is 27.9 Å². The molecule has 1 aromatic carbocycles. The number of carbonyl (C=O) groups excluding carboxylic acids is 2. The standard InChI is InChI=1S/C16H21N3O6S/c1-11(20)17-12-5-7-13(8-6-12)26(24,25)18(2)10-15(21)19-9-3-4-14(19)16(22)23/h5-8,14H,3-4,9-10H2,1-2H3,(H,17,20)(H,22,23)/t14-/m1/s1. The van der Waals surface area contributed by atoms with Gasteiger partial charge in [0.25, 0.3) is 0 Å². The average molecular weight is 383 g/mol. The fourth-order valence-electron chi connectivity index (χ4n) is 2.78. The van der Waals surface area contributed by atoms with Crippen LogP contribution >= 0.6 is 0 Å². The lowest BCUT2D eigenvalue weighted by Gasteiger charge is -2.24. The molecule has 2 N–H and O–H groups in total. The number of nitrogens with zero attached hydrogens (tertiary/aromatic N) is 2. The van der Waals surface area contributed by atoms with Crippen molar-refractivity contribution in [1.29, 1.82) is 0 Å². The molecule has 0 aromatic heterocycles. The van der Waals surface area contributed by atoms with E-state index >= 15 is 0 Å². The highest BCUT2D eigenvalue weighted by Gasteiger charge is 2.35. The molecular weight excluding hydrogens is 362 g/mol. The number of hydrogen-bond acceptors (Lipinski definition) is 5. The number of nitrogens with one attached hydrogen (secondary N) is 1. The van der Waals surface area contributed by atoms with Crippen LogP contribution < -0.4 is 5.32 Å². The summed E-state index contributed by atoms with van der Waals surface area (Å²) in [7, 11) is -2.66. The van der Waals surface area contributed by atoms with E-state index < -0.39 is 34.5 Å². The topological polar surface area (TPSA) is 124 Å². The summed E-state index contributed by atoms with van der Waals surface area (Å²) in [6.45, 7) is 1.20. The van der Waals surface area contributed by atoms with Gasteiger partial charge in [-0.25, -0.2) is 13.2 Å². The average Bonchev–Trinajstić information content (AvgIpc) is 3.04. The molecule has 142 valence electrons. The van der Waals surface area contributed by atoms with E-state index in [2.05, 4.69) is 5.32 Å². The largest absolute Gasteiger partial charge is 0.480 e. The maximum Gasteiger partial charge on any atom is 0.326 e. The van der Waals surface area contributed by atoms with E-state index in [0.29, 0.717) is 25.1 Å². The first kappa shape index (κ1) is 19.9. The van der Waals surface area contributed by atoms with Gasteiger partial charge in [-0.15, -0.1) is 0 Å². The van der Waals surface area contributed by atoms with Gasteiger partial charge in [0, 0.05) is 26.2 Å². The molecule has 1 aromatic rings. The van der Waals surface area contributed by atoms with Crippen LogP contribution in [0.15, 0.2) is 29.2 Å². The quantitative estimate of drug-likeness (QED) is 0.730. The molecule has 1 saturated heterocycles. The Bertz CT molecular complexity index is 806. The van der Waals surface area contributed by atoms with Gasteiger partial charge in [-0.05, 0) is 37.1 Å². The van der Waals surface area contributed by atoms with Crippen molar-refractivity contribution in [1.82, 2.24) is 9.21 Å². The number of benzene rings is 1. The Morgan fingerprint density at radius 3 is 2.42 bits per heavy atom. The number of sulfonamides is 1. The van der Waals surface area contributed by atoms with Crippen molar-refractivity contribution >= 4 is 33.5 Å². The number of carboxylic acids is 1. The first-order chi connectivity index (χ1) is 12.1. The van der Waals surface area contributed by atoms with E-state index in [9.17, 15) is 22.8 Å². The maximum absolute atomic E-state index is 12.6. The second kappa shape index (κ2) is 7.83. The van der Waals surface area contributed by atoms with E-state index in [1.165, 1.54) is 43.1 Å². The van der Waals surface area contributed by atoms with Crippen LogP contribution in [0.2, 0.25) is 0 Å². The van der Waals surface area contributed by atoms with Gasteiger partial charge in [-0.3, -0.25) is 9.59 Å². The number of rotatable bonds is 6. The SMILES string of the molecule is CC(=O)Nc1ccc(S(=O)(=O)N(C)CC(=O)N2CCC[C@@H]2C(=O)O)cc1. The Morgan fingerprint density at radius 1 is 1.27 bits per heavy atom. The highest BCUT2D eigenvalue weighted by atomic mass is 32.2. The number of hydrogen-bond donors (Lipinski definition) is 2. The molecule has 1 aliphatic heterocycles. The van der Waals surface area contributed by atoms with Gasteiger partial charge >= 0.3 is 5.97 Å². The summed E-state index contributed by atoms with van der Waals surface area (Å²) in [5.41, 5.74) is 0.455. The monoisotopic (exact) mass is 383 g/mol. The number of carbonyl (C=O) groups is 3. The second-order valence-electron chi connectivity index (χ2n) is 6.05. The number of likely N-dealkylation sites (N-methyl/N-ethyl adjacent to an activating group) is 1. The minimum Gasteiger partial charge on any atom is -0.480 e. The second-order valence-corrected chi connectivity index (χ2v) is 8.09. The lowest BCUT2D eigenvalue weighted by Crippen LogP contribution is -2.45. The first-order valence-electron chi connectivity index (χ1n) is 7.99. The predicted molar refractivity (Wildman–Crippen MR) is 92.9 cm³/mol. The molecule has 1 aliphatic rings. The molecule has 0 saturated carbocycles. The van der Waals surface area contributed by atoms with Gasteiger partial charge < -0.3 is 15.3 Å². The number of likely N-dealkylation sites (tertiary alicyclic amines) is 1.